The van der Waals surface area contributed by atoms with E-state index in [1.165, 1.54) is 15.4 Å². The van der Waals surface area contributed by atoms with Crippen molar-refractivity contribution in [2.45, 2.75) is 38.2 Å². The van der Waals surface area contributed by atoms with E-state index in [0.29, 0.717) is 5.92 Å². The highest BCUT2D eigenvalue weighted by atomic mass is 79.9. The molecule has 0 saturated carbocycles. The Morgan fingerprint density at radius 2 is 2.05 bits per heavy atom. The molecule has 1 atom stereocenters. The summed E-state index contributed by atoms with van der Waals surface area (Å²) in [5.41, 5.74) is 1.22. The van der Waals surface area contributed by atoms with Gasteiger partial charge in [0.25, 0.3) is 0 Å². The molecule has 106 valence electrons. The molecule has 0 aliphatic carbocycles. The Morgan fingerprint density at radius 1 is 1.30 bits per heavy atom. The van der Waals surface area contributed by atoms with Gasteiger partial charge in [-0.15, -0.1) is 11.3 Å². The Kier molecular flexibility index (Phi) is 3.98. The molecule has 1 aliphatic rings. The van der Waals surface area contributed by atoms with E-state index < -0.39 is 0 Å². The van der Waals surface area contributed by atoms with Crippen LogP contribution >= 0.6 is 27.3 Å². The number of ether oxygens (including phenoxy) is 1. The van der Waals surface area contributed by atoms with Gasteiger partial charge in [-0.2, -0.15) is 0 Å². The van der Waals surface area contributed by atoms with Crippen molar-refractivity contribution in [3.8, 4) is 10.4 Å². The molecule has 0 N–H and O–H groups in total. The second kappa shape index (κ2) is 5.58. The van der Waals surface area contributed by atoms with Gasteiger partial charge >= 0.3 is 0 Å². The summed E-state index contributed by atoms with van der Waals surface area (Å²) < 4.78 is 6.90. The lowest BCUT2D eigenvalue weighted by molar-refractivity contribution is -0.0593. The van der Waals surface area contributed by atoms with Gasteiger partial charge in [-0.1, -0.05) is 28.1 Å². The maximum Gasteiger partial charge on any atom is 0.0964 e. The molecule has 3 rings (SSSR count). The molecule has 1 fully saturated rings. The van der Waals surface area contributed by atoms with Gasteiger partial charge in [0.1, 0.15) is 0 Å². The predicted molar refractivity (Wildman–Crippen MR) is 87.3 cm³/mol. The van der Waals surface area contributed by atoms with Crippen LogP contribution in [-0.2, 0) is 4.74 Å². The molecule has 4 heteroatoms. The quantitative estimate of drug-likeness (QED) is 0.737. The van der Waals surface area contributed by atoms with E-state index in [4.69, 9.17) is 4.74 Å². The van der Waals surface area contributed by atoms with Crippen molar-refractivity contribution in [2.75, 3.05) is 6.61 Å². The molecular weight excluding hydrogens is 334 g/mol. The molecule has 2 heterocycles. The summed E-state index contributed by atoms with van der Waals surface area (Å²) in [6, 6.07) is 8.42. The van der Waals surface area contributed by atoms with Gasteiger partial charge in [0.2, 0.25) is 0 Å². The maximum atomic E-state index is 5.79. The minimum Gasteiger partial charge on any atom is -0.376 e. The fraction of sp³-hybridized carbons (Fsp3) is 0.438. The van der Waals surface area contributed by atoms with Crippen LogP contribution in [-0.4, -0.2) is 17.2 Å². The van der Waals surface area contributed by atoms with Gasteiger partial charge in [0, 0.05) is 23.2 Å². The number of hydrogen-bond acceptors (Lipinski definition) is 3. The van der Waals surface area contributed by atoms with Crippen LogP contribution in [0, 0.1) is 0 Å². The van der Waals surface area contributed by atoms with Gasteiger partial charge in [-0.3, -0.25) is 0 Å². The second-order valence-corrected chi connectivity index (χ2v) is 7.85. The van der Waals surface area contributed by atoms with Crippen LogP contribution in [0.4, 0.5) is 0 Å². The van der Waals surface area contributed by atoms with E-state index in [-0.39, 0.29) is 5.60 Å². The monoisotopic (exact) mass is 351 g/mol. The Balaban J connectivity index is 1.81. The molecule has 0 amide bonds. The van der Waals surface area contributed by atoms with Crippen LogP contribution in [0.1, 0.15) is 37.6 Å². The lowest BCUT2D eigenvalue weighted by Crippen LogP contribution is -2.32. The first-order chi connectivity index (χ1) is 9.53. The lowest BCUT2D eigenvalue weighted by Gasteiger charge is -2.34. The van der Waals surface area contributed by atoms with Gasteiger partial charge < -0.3 is 4.74 Å². The zero-order chi connectivity index (χ0) is 14.2. The standard InChI is InChI=1S/C16H18BrNOS/c1-16(2)9-12(7-8-19-16)15-18-10-14(20-15)11-3-5-13(17)6-4-11/h3-6,10,12H,7-9H2,1-2H3. The van der Waals surface area contributed by atoms with E-state index in [1.54, 1.807) is 0 Å². The number of nitrogens with zero attached hydrogens (tertiary/aromatic N) is 1. The number of rotatable bonds is 2. The average Bonchev–Trinajstić information content (AvgIpc) is 2.88. The third kappa shape index (κ3) is 3.13. The van der Waals surface area contributed by atoms with E-state index in [0.717, 1.165) is 23.9 Å². The smallest absolute Gasteiger partial charge is 0.0964 e. The van der Waals surface area contributed by atoms with Crippen molar-refractivity contribution in [1.29, 1.82) is 0 Å². The summed E-state index contributed by atoms with van der Waals surface area (Å²) in [5, 5.41) is 1.25. The maximum absolute atomic E-state index is 5.79. The molecule has 0 spiro atoms. The van der Waals surface area contributed by atoms with Crippen LogP contribution in [0.3, 0.4) is 0 Å². The first-order valence-electron chi connectivity index (χ1n) is 6.89. The average molecular weight is 352 g/mol. The molecule has 1 aliphatic heterocycles. The van der Waals surface area contributed by atoms with Crippen LogP contribution in [0.5, 0.6) is 0 Å². The molecule has 0 radical (unpaired) electrons. The first kappa shape index (κ1) is 14.2. The van der Waals surface area contributed by atoms with E-state index in [1.807, 2.05) is 17.5 Å². The molecule has 1 aromatic carbocycles. The van der Waals surface area contributed by atoms with Crippen molar-refractivity contribution in [2.24, 2.45) is 0 Å². The fourth-order valence-electron chi connectivity index (χ4n) is 2.67. The van der Waals surface area contributed by atoms with E-state index >= 15 is 0 Å². The van der Waals surface area contributed by atoms with Crippen LogP contribution in [0.15, 0.2) is 34.9 Å². The van der Waals surface area contributed by atoms with Crippen LogP contribution in [0.25, 0.3) is 10.4 Å². The van der Waals surface area contributed by atoms with Crippen LogP contribution in [0.2, 0.25) is 0 Å². The van der Waals surface area contributed by atoms with Crippen molar-refractivity contribution >= 4 is 27.3 Å². The third-order valence-electron chi connectivity index (χ3n) is 3.70. The topological polar surface area (TPSA) is 22.1 Å². The van der Waals surface area contributed by atoms with Gasteiger partial charge in [-0.25, -0.2) is 4.98 Å². The second-order valence-electron chi connectivity index (χ2n) is 5.87. The summed E-state index contributed by atoms with van der Waals surface area (Å²) >= 11 is 5.29. The molecular formula is C16H18BrNOS. The summed E-state index contributed by atoms with van der Waals surface area (Å²) in [4.78, 5) is 5.90. The van der Waals surface area contributed by atoms with Gasteiger partial charge in [0.15, 0.2) is 0 Å². The van der Waals surface area contributed by atoms with Crippen molar-refractivity contribution in [3.05, 3.63) is 39.9 Å². The van der Waals surface area contributed by atoms with Gasteiger partial charge in [-0.05, 0) is 44.4 Å². The molecule has 2 aromatic rings. The summed E-state index contributed by atoms with van der Waals surface area (Å²) in [7, 11) is 0. The highest BCUT2D eigenvalue weighted by molar-refractivity contribution is 9.10. The number of hydrogen-bond donors (Lipinski definition) is 0. The normalized spacial score (nSPS) is 21.9. The lowest BCUT2D eigenvalue weighted by atomic mass is 9.89. The Morgan fingerprint density at radius 3 is 2.75 bits per heavy atom. The SMILES string of the molecule is CC1(C)CC(c2ncc(-c3ccc(Br)cc3)s2)CCO1. The Hall–Kier alpha value is -0.710. The van der Waals surface area contributed by atoms with E-state index in [9.17, 15) is 0 Å². The van der Waals surface area contributed by atoms with Gasteiger partial charge in [0.05, 0.1) is 15.5 Å². The zero-order valence-corrected chi connectivity index (χ0v) is 14.1. The summed E-state index contributed by atoms with van der Waals surface area (Å²) in [6.07, 6.45) is 4.14. The highest BCUT2D eigenvalue weighted by Gasteiger charge is 2.31. The molecule has 20 heavy (non-hydrogen) atoms. The zero-order valence-electron chi connectivity index (χ0n) is 11.7. The third-order valence-corrected chi connectivity index (χ3v) is 5.44. The summed E-state index contributed by atoms with van der Waals surface area (Å²) in [6.45, 7) is 5.18. The molecule has 0 bridgehead atoms. The molecule has 1 unspecified atom stereocenters. The first-order valence-corrected chi connectivity index (χ1v) is 8.50. The van der Waals surface area contributed by atoms with Crippen molar-refractivity contribution in [1.82, 2.24) is 4.98 Å². The summed E-state index contributed by atoms with van der Waals surface area (Å²) in [5.74, 6) is 0.535. The molecule has 2 nitrogen and oxygen atoms in total. The highest BCUT2D eigenvalue weighted by Crippen LogP contribution is 2.39. The number of halogens is 1. The van der Waals surface area contributed by atoms with Crippen molar-refractivity contribution in [3.63, 3.8) is 0 Å². The number of aromatic nitrogens is 1. The number of thiazole rings is 1. The fourth-order valence-corrected chi connectivity index (χ4v) is 3.99. The van der Waals surface area contributed by atoms with E-state index in [2.05, 4.69) is 59.0 Å². The van der Waals surface area contributed by atoms with Crippen molar-refractivity contribution < 1.29 is 4.74 Å². The molecule has 1 saturated heterocycles. The number of benzene rings is 1. The minimum atomic E-state index is -0.0215. The Bertz CT molecular complexity index is 591. The minimum absolute atomic E-state index is 0.0215. The Labute approximate surface area is 132 Å². The van der Waals surface area contributed by atoms with Crippen LogP contribution < -0.4 is 0 Å². The molecule has 1 aromatic heterocycles. The largest absolute Gasteiger partial charge is 0.376 e. The predicted octanol–water partition coefficient (Wildman–Crippen LogP) is 5.25.